The zero-order valence-corrected chi connectivity index (χ0v) is 17.3. The average molecular weight is 373 g/mol. The monoisotopic (exact) mass is 372 g/mol. The van der Waals surface area contributed by atoms with E-state index in [0.717, 1.165) is 23.3 Å². The van der Waals surface area contributed by atoms with Gasteiger partial charge in [-0.05, 0) is 59.1 Å². The van der Waals surface area contributed by atoms with E-state index in [2.05, 4.69) is 73.8 Å². The van der Waals surface area contributed by atoms with Gasteiger partial charge < -0.3 is 4.98 Å². The summed E-state index contributed by atoms with van der Waals surface area (Å²) in [6.07, 6.45) is 8.62. The van der Waals surface area contributed by atoms with Crippen LogP contribution < -0.4 is 0 Å². The summed E-state index contributed by atoms with van der Waals surface area (Å²) in [6.45, 7) is 11.3. The predicted molar refractivity (Wildman–Crippen MR) is 116 cm³/mol. The van der Waals surface area contributed by atoms with E-state index < -0.39 is 0 Å². The molecule has 0 aliphatic carbocycles. The molecule has 0 aromatic carbocycles. The third-order valence-corrected chi connectivity index (χ3v) is 6.02. The minimum Gasteiger partial charge on any atom is -0.346 e. The standard InChI is InChI=1S/C24H28N4/c1-15(2)16(3)18-6-9-25-22-12-17(28-14-20(18)22)13-24(4,5)21-8-11-27-23-19(21)7-10-26-23/h6-12,14-16H,13H2,1-5H3,(H,26,27). The van der Waals surface area contributed by atoms with Crippen LogP contribution in [-0.2, 0) is 11.8 Å². The summed E-state index contributed by atoms with van der Waals surface area (Å²) in [5.41, 5.74) is 5.60. The molecule has 1 N–H and O–H groups in total. The number of fused-ring (bicyclic) bond motifs is 2. The van der Waals surface area contributed by atoms with Crippen LogP contribution >= 0.6 is 0 Å². The molecule has 1 atom stereocenters. The van der Waals surface area contributed by atoms with Gasteiger partial charge in [0.25, 0.3) is 0 Å². The van der Waals surface area contributed by atoms with Gasteiger partial charge in [-0.1, -0.05) is 34.6 Å². The van der Waals surface area contributed by atoms with Crippen molar-refractivity contribution in [1.82, 2.24) is 19.9 Å². The van der Waals surface area contributed by atoms with Crippen molar-refractivity contribution < 1.29 is 0 Å². The Morgan fingerprint density at radius 1 is 0.964 bits per heavy atom. The quantitative estimate of drug-likeness (QED) is 0.483. The first-order chi connectivity index (χ1) is 13.4. The molecule has 144 valence electrons. The first-order valence-corrected chi connectivity index (χ1v) is 10.0. The van der Waals surface area contributed by atoms with Gasteiger partial charge in [-0.2, -0.15) is 0 Å². The maximum Gasteiger partial charge on any atom is 0.137 e. The fraction of sp³-hybridized carbons (Fsp3) is 0.375. The summed E-state index contributed by atoms with van der Waals surface area (Å²) in [7, 11) is 0. The van der Waals surface area contributed by atoms with Crippen LogP contribution in [0.15, 0.2) is 49.1 Å². The van der Waals surface area contributed by atoms with Crippen LogP contribution in [0.25, 0.3) is 21.9 Å². The Balaban J connectivity index is 1.71. The number of hydrogen-bond donors (Lipinski definition) is 1. The van der Waals surface area contributed by atoms with E-state index in [-0.39, 0.29) is 5.41 Å². The maximum atomic E-state index is 4.82. The highest BCUT2D eigenvalue weighted by Crippen LogP contribution is 2.33. The Hall–Kier alpha value is -2.75. The largest absolute Gasteiger partial charge is 0.346 e. The second-order valence-corrected chi connectivity index (χ2v) is 8.78. The zero-order valence-electron chi connectivity index (χ0n) is 17.3. The Kier molecular flexibility index (Phi) is 4.66. The van der Waals surface area contributed by atoms with Crippen LogP contribution in [0.1, 0.15) is 57.4 Å². The number of aromatic amines is 1. The van der Waals surface area contributed by atoms with Crippen molar-refractivity contribution in [3.8, 4) is 0 Å². The minimum absolute atomic E-state index is 0.0626. The molecule has 1 unspecified atom stereocenters. The van der Waals surface area contributed by atoms with E-state index in [4.69, 9.17) is 4.98 Å². The molecule has 0 aliphatic rings. The van der Waals surface area contributed by atoms with E-state index in [1.54, 1.807) is 0 Å². The molecule has 4 rings (SSSR count). The highest BCUT2D eigenvalue weighted by molar-refractivity contribution is 5.82. The number of hydrogen-bond acceptors (Lipinski definition) is 3. The molecular weight excluding hydrogens is 344 g/mol. The van der Waals surface area contributed by atoms with Gasteiger partial charge in [0, 0.05) is 41.3 Å². The van der Waals surface area contributed by atoms with E-state index in [9.17, 15) is 0 Å². The van der Waals surface area contributed by atoms with Gasteiger partial charge in [0.2, 0.25) is 0 Å². The molecular formula is C24H28N4. The van der Waals surface area contributed by atoms with Gasteiger partial charge in [-0.3, -0.25) is 9.97 Å². The van der Waals surface area contributed by atoms with Crippen molar-refractivity contribution >= 4 is 21.9 Å². The lowest BCUT2D eigenvalue weighted by Crippen LogP contribution is -2.21. The number of nitrogens with one attached hydrogen (secondary N) is 1. The molecule has 4 aromatic heterocycles. The maximum absolute atomic E-state index is 4.82. The molecule has 28 heavy (non-hydrogen) atoms. The van der Waals surface area contributed by atoms with Crippen molar-refractivity contribution in [1.29, 1.82) is 0 Å². The summed E-state index contributed by atoms with van der Waals surface area (Å²) in [4.78, 5) is 17.1. The molecule has 0 bridgehead atoms. The van der Waals surface area contributed by atoms with Crippen molar-refractivity contribution in [3.05, 3.63) is 65.9 Å². The molecule has 0 spiro atoms. The second-order valence-electron chi connectivity index (χ2n) is 8.78. The molecule has 0 fully saturated rings. The molecule has 0 amide bonds. The molecule has 0 aliphatic heterocycles. The lowest BCUT2D eigenvalue weighted by atomic mass is 9.79. The van der Waals surface area contributed by atoms with Crippen molar-refractivity contribution in [2.45, 2.75) is 52.4 Å². The fourth-order valence-corrected chi connectivity index (χ4v) is 4.06. The number of pyridine rings is 3. The zero-order chi connectivity index (χ0) is 19.9. The van der Waals surface area contributed by atoms with E-state index in [1.807, 2.05) is 24.8 Å². The molecule has 4 nitrogen and oxygen atoms in total. The lowest BCUT2D eigenvalue weighted by Gasteiger charge is -2.26. The van der Waals surface area contributed by atoms with Gasteiger partial charge in [0.15, 0.2) is 0 Å². The first-order valence-electron chi connectivity index (χ1n) is 10.0. The average Bonchev–Trinajstić information content (AvgIpc) is 3.15. The minimum atomic E-state index is -0.0626. The van der Waals surface area contributed by atoms with Gasteiger partial charge in [0.1, 0.15) is 5.65 Å². The Bertz CT molecular complexity index is 1120. The van der Waals surface area contributed by atoms with E-state index in [1.165, 1.54) is 21.9 Å². The summed E-state index contributed by atoms with van der Waals surface area (Å²) >= 11 is 0. The van der Waals surface area contributed by atoms with Crippen LogP contribution in [0, 0.1) is 5.92 Å². The Morgan fingerprint density at radius 3 is 2.54 bits per heavy atom. The van der Waals surface area contributed by atoms with Crippen LogP contribution in [0.2, 0.25) is 0 Å². The first kappa shape index (κ1) is 18.6. The summed E-state index contributed by atoms with van der Waals surface area (Å²) in [5.74, 6) is 1.06. The van der Waals surface area contributed by atoms with E-state index in [0.29, 0.717) is 11.8 Å². The van der Waals surface area contributed by atoms with Crippen molar-refractivity contribution in [2.75, 3.05) is 0 Å². The van der Waals surface area contributed by atoms with E-state index >= 15 is 0 Å². The van der Waals surface area contributed by atoms with Crippen molar-refractivity contribution in [2.24, 2.45) is 5.92 Å². The van der Waals surface area contributed by atoms with Crippen LogP contribution in [0.5, 0.6) is 0 Å². The fourth-order valence-electron chi connectivity index (χ4n) is 4.06. The van der Waals surface area contributed by atoms with Crippen LogP contribution in [0.4, 0.5) is 0 Å². The number of H-pyrrole nitrogens is 1. The van der Waals surface area contributed by atoms with Crippen molar-refractivity contribution in [3.63, 3.8) is 0 Å². The third kappa shape index (κ3) is 3.28. The molecule has 0 saturated heterocycles. The van der Waals surface area contributed by atoms with Gasteiger partial charge in [0.05, 0.1) is 5.52 Å². The van der Waals surface area contributed by atoms with Gasteiger partial charge >= 0.3 is 0 Å². The third-order valence-electron chi connectivity index (χ3n) is 6.02. The second kappa shape index (κ2) is 7.01. The molecule has 0 saturated carbocycles. The Morgan fingerprint density at radius 2 is 1.75 bits per heavy atom. The normalized spacial score (nSPS) is 13.5. The number of rotatable bonds is 5. The smallest absolute Gasteiger partial charge is 0.137 e. The summed E-state index contributed by atoms with van der Waals surface area (Å²) < 4.78 is 0. The summed E-state index contributed by atoms with van der Waals surface area (Å²) in [6, 6.07) is 8.52. The lowest BCUT2D eigenvalue weighted by molar-refractivity contribution is 0.519. The topological polar surface area (TPSA) is 54.5 Å². The number of aromatic nitrogens is 4. The Labute approximate surface area is 166 Å². The molecule has 4 heterocycles. The molecule has 4 aromatic rings. The molecule has 4 heteroatoms. The van der Waals surface area contributed by atoms with Crippen LogP contribution in [0.3, 0.4) is 0 Å². The van der Waals surface area contributed by atoms with Crippen LogP contribution in [-0.4, -0.2) is 19.9 Å². The highest BCUT2D eigenvalue weighted by atomic mass is 14.8. The van der Waals surface area contributed by atoms with Gasteiger partial charge in [-0.15, -0.1) is 0 Å². The van der Waals surface area contributed by atoms with Gasteiger partial charge in [-0.25, -0.2) is 4.98 Å². The SMILES string of the molecule is CC(C)C(C)c1ccnc2cc(CC(C)(C)c3ccnc4[nH]ccc34)ncc12. The molecule has 0 radical (unpaired) electrons. The predicted octanol–water partition coefficient (Wildman–Crippen LogP) is 5.79. The highest BCUT2D eigenvalue weighted by Gasteiger charge is 2.25. The summed E-state index contributed by atoms with van der Waals surface area (Å²) in [5, 5.41) is 2.35. The number of nitrogens with zero attached hydrogens (tertiary/aromatic N) is 3.